The van der Waals surface area contributed by atoms with Crippen LogP contribution in [0.1, 0.15) is 25.0 Å². The molecule has 0 aliphatic heterocycles. The molecule has 0 atom stereocenters. The van der Waals surface area contributed by atoms with Crippen LogP contribution in [0.25, 0.3) is 5.69 Å². The van der Waals surface area contributed by atoms with E-state index in [0.29, 0.717) is 4.68 Å². The van der Waals surface area contributed by atoms with E-state index in [1.807, 2.05) is 0 Å². The minimum absolute atomic E-state index is 0.0747. The second-order valence-electron chi connectivity index (χ2n) is 8.13. The number of aliphatic hydroxyl groups excluding tert-OH is 1. The van der Waals surface area contributed by atoms with E-state index < -0.39 is 56.2 Å². The molecule has 0 saturated heterocycles. The quantitative estimate of drug-likeness (QED) is 0.386. The van der Waals surface area contributed by atoms with E-state index in [4.69, 9.17) is 27.9 Å². The molecule has 11 nitrogen and oxygen atoms in total. The van der Waals surface area contributed by atoms with Gasteiger partial charge in [0.2, 0.25) is 10.0 Å². The summed E-state index contributed by atoms with van der Waals surface area (Å²) in [5, 5.41) is 22.6. The molecule has 0 radical (unpaired) electrons. The Morgan fingerprint density at radius 3 is 2.38 bits per heavy atom. The number of rotatable bonds is 7. The molecule has 1 aliphatic rings. The number of aromatic amines is 1. The topological polar surface area (TPSA) is 155 Å². The van der Waals surface area contributed by atoms with Gasteiger partial charge in [0.1, 0.15) is 16.4 Å². The SMILES string of the molecule is CN(C1CC(O)C1)S(=O)(=O)c1cc(Oc2c(Cl)cc(-n3nc(C(F)F)c(=O)[nH]c3=O)cc2Cl)ccc1O. The van der Waals surface area contributed by atoms with Crippen molar-refractivity contribution in [3.05, 3.63) is 66.9 Å². The average Bonchev–Trinajstić information content (AvgIpc) is 2.79. The lowest BCUT2D eigenvalue weighted by atomic mass is 9.90. The van der Waals surface area contributed by atoms with Gasteiger partial charge in [-0.25, -0.2) is 22.0 Å². The van der Waals surface area contributed by atoms with E-state index in [1.54, 1.807) is 4.98 Å². The fourth-order valence-electron chi connectivity index (χ4n) is 3.59. The van der Waals surface area contributed by atoms with Crippen molar-refractivity contribution in [1.29, 1.82) is 0 Å². The molecule has 3 N–H and O–H groups in total. The number of hydrogen-bond acceptors (Lipinski definition) is 8. The maximum atomic E-state index is 13.1. The van der Waals surface area contributed by atoms with Gasteiger partial charge in [0, 0.05) is 19.2 Å². The van der Waals surface area contributed by atoms with Crippen molar-refractivity contribution in [2.24, 2.45) is 0 Å². The lowest BCUT2D eigenvalue weighted by Crippen LogP contribution is -2.47. The van der Waals surface area contributed by atoms with Gasteiger partial charge in [0.15, 0.2) is 11.4 Å². The number of aromatic hydroxyl groups is 1. The minimum Gasteiger partial charge on any atom is -0.507 e. The van der Waals surface area contributed by atoms with Crippen molar-refractivity contribution in [1.82, 2.24) is 19.1 Å². The first-order valence-corrected chi connectivity index (χ1v) is 12.7. The van der Waals surface area contributed by atoms with Gasteiger partial charge in [-0.05, 0) is 37.1 Å². The van der Waals surface area contributed by atoms with E-state index in [-0.39, 0.29) is 40.1 Å². The summed E-state index contributed by atoms with van der Waals surface area (Å²) in [4.78, 5) is 24.9. The van der Waals surface area contributed by atoms with Crippen molar-refractivity contribution >= 4 is 33.2 Å². The van der Waals surface area contributed by atoms with Crippen LogP contribution in [0, 0.1) is 0 Å². The molecule has 0 unspecified atom stereocenters. The Hall–Kier alpha value is -3.04. The number of aliphatic hydroxyl groups is 1. The fraction of sp³-hybridized carbons (Fsp3) is 0.286. The summed E-state index contributed by atoms with van der Waals surface area (Å²) in [5.41, 5.74) is -3.81. The minimum atomic E-state index is -4.16. The van der Waals surface area contributed by atoms with Gasteiger partial charge in [0.05, 0.1) is 21.8 Å². The summed E-state index contributed by atoms with van der Waals surface area (Å²) in [6.07, 6.45) is -3.33. The van der Waals surface area contributed by atoms with Crippen LogP contribution in [0.5, 0.6) is 17.2 Å². The molecule has 1 heterocycles. The molecular weight excluding hydrogens is 561 g/mol. The predicted octanol–water partition coefficient (Wildman–Crippen LogP) is 2.81. The van der Waals surface area contributed by atoms with Gasteiger partial charge in [-0.15, -0.1) is 0 Å². The monoisotopic (exact) mass is 578 g/mol. The third kappa shape index (κ3) is 5.20. The first-order valence-electron chi connectivity index (χ1n) is 10.5. The number of sulfonamides is 1. The number of ether oxygens (including phenoxy) is 1. The van der Waals surface area contributed by atoms with Crippen LogP contribution in [0.4, 0.5) is 8.78 Å². The number of phenols is 1. The standard InChI is InChI=1S/C21H18Cl2F2N4O7S/c1-28(9-4-11(30)5-9)37(34,35)16-8-12(2-3-15(16)31)36-18-13(22)6-10(7-14(18)23)29-21(33)26-20(32)17(27-29)19(24)25/h2-3,6-9,11,19,30-31H,4-5H2,1H3,(H,26,32,33). The molecule has 0 bridgehead atoms. The highest BCUT2D eigenvalue weighted by Gasteiger charge is 2.38. The number of nitrogens with one attached hydrogen (secondary N) is 1. The Morgan fingerprint density at radius 2 is 1.81 bits per heavy atom. The number of H-pyrrole nitrogens is 1. The molecule has 1 saturated carbocycles. The van der Waals surface area contributed by atoms with E-state index in [0.717, 1.165) is 28.6 Å². The highest BCUT2D eigenvalue weighted by atomic mass is 35.5. The van der Waals surface area contributed by atoms with Crippen LogP contribution in [-0.2, 0) is 10.0 Å². The number of halogens is 4. The number of hydrogen-bond donors (Lipinski definition) is 3. The Morgan fingerprint density at radius 1 is 1.19 bits per heavy atom. The van der Waals surface area contributed by atoms with Gasteiger partial charge in [-0.1, -0.05) is 23.2 Å². The molecule has 2 aromatic carbocycles. The maximum absolute atomic E-state index is 13.1. The molecule has 198 valence electrons. The summed E-state index contributed by atoms with van der Waals surface area (Å²) < 4.78 is 59.3. The second-order valence-corrected chi connectivity index (χ2v) is 10.9. The lowest BCUT2D eigenvalue weighted by molar-refractivity contribution is 0.0395. The van der Waals surface area contributed by atoms with Crippen LogP contribution in [0.15, 0.2) is 44.8 Å². The Kier molecular flexibility index (Phi) is 7.32. The van der Waals surface area contributed by atoms with Crippen molar-refractivity contribution in [2.75, 3.05) is 7.05 Å². The largest absolute Gasteiger partial charge is 0.507 e. The molecule has 1 aromatic heterocycles. The number of alkyl halides is 2. The fourth-order valence-corrected chi connectivity index (χ4v) is 5.61. The van der Waals surface area contributed by atoms with Gasteiger partial charge >= 0.3 is 5.69 Å². The van der Waals surface area contributed by atoms with Crippen molar-refractivity contribution < 1.29 is 32.1 Å². The van der Waals surface area contributed by atoms with Crippen molar-refractivity contribution in [3.63, 3.8) is 0 Å². The highest BCUT2D eigenvalue weighted by Crippen LogP contribution is 2.40. The third-order valence-corrected chi connectivity index (χ3v) is 8.20. The number of phenolic OH excluding ortho intramolecular Hbond substituents is 1. The van der Waals surface area contributed by atoms with Crippen LogP contribution in [0.3, 0.4) is 0 Å². The summed E-state index contributed by atoms with van der Waals surface area (Å²) in [5.74, 6) is -0.789. The summed E-state index contributed by atoms with van der Waals surface area (Å²) in [7, 11) is -2.83. The molecule has 1 aliphatic carbocycles. The molecule has 16 heteroatoms. The molecule has 0 spiro atoms. The van der Waals surface area contributed by atoms with Gasteiger partial charge < -0.3 is 14.9 Å². The molecule has 1 fully saturated rings. The van der Waals surface area contributed by atoms with Gasteiger partial charge in [-0.2, -0.15) is 14.1 Å². The van der Waals surface area contributed by atoms with E-state index in [2.05, 4.69) is 5.10 Å². The molecule has 4 rings (SSSR count). The Bertz CT molecular complexity index is 1570. The van der Waals surface area contributed by atoms with E-state index in [9.17, 15) is 37.0 Å². The lowest BCUT2D eigenvalue weighted by Gasteiger charge is -2.37. The Labute approximate surface area is 217 Å². The van der Waals surface area contributed by atoms with E-state index >= 15 is 0 Å². The van der Waals surface area contributed by atoms with Crippen LogP contribution < -0.4 is 16.0 Å². The van der Waals surface area contributed by atoms with E-state index in [1.165, 1.54) is 13.1 Å². The Balaban J connectivity index is 1.68. The summed E-state index contributed by atoms with van der Waals surface area (Å²) >= 11 is 12.5. The van der Waals surface area contributed by atoms with Gasteiger partial charge in [0.25, 0.3) is 12.0 Å². The first kappa shape index (κ1) is 27.0. The molecule has 37 heavy (non-hydrogen) atoms. The zero-order valence-electron chi connectivity index (χ0n) is 18.7. The van der Waals surface area contributed by atoms with Crippen molar-refractivity contribution in [2.45, 2.75) is 36.3 Å². The molecule has 0 amide bonds. The van der Waals surface area contributed by atoms with Crippen LogP contribution in [-0.4, -0.2) is 56.9 Å². The highest BCUT2D eigenvalue weighted by molar-refractivity contribution is 7.89. The molecular formula is C21H18Cl2F2N4O7S. The zero-order chi connectivity index (χ0) is 27.2. The first-order chi connectivity index (χ1) is 17.3. The predicted molar refractivity (Wildman–Crippen MR) is 128 cm³/mol. The number of aromatic nitrogens is 3. The zero-order valence-corrected chi connectivity index (χ0v) is 21.1. The third-order valence-electron chi connectivity index (χ3n) is 5.70. The van der Waals surface area contributed by atoms with Crippen LogP contribution >= 0.6 is 23.2 Å². The van der Waals surface area contributed by atoms with Crippen LogP contribution in [0.2, 0.25) is 10.0 Å². The second kappa shape index (κ2) is 10.0. The summed E-state index contributed by atoms with van der Waals surface area (Å²) in [6, 6.07) is 5.19. The average molecular weight is 579 g/mol. The number of benzene rings is 2. The number of nitrogens with zero attached hydrogens (tertiary/aromatic N) is 3. The smallest absolute Gasteiger partial charge is 0.349 e. The van der Waals surface area contributed by atoms with Gasteiger partial charge in [-0.3, -0.25) is 9.78 Å². The molecule has 3 aromatic rings. The van der Waals surface area contributed by atoms with Crippen molar-refractivity contribution in [3.8, 4) is 22.9 Å². The maximum Gasteiger partial charge on any atom is 0.349 e. The summed E-state index contributed by atoms with van der Waals surface area (Å²) in [6.45, 7) is 0. The normalized spacial score (nSPS) is 17.7.